The Morgan fingerprint density at radius 2 is 2.08 bits per heavy atom. The maximum atomic E-state index is 12.8. The number of carbonyl (C=O) groups excluding carboxylic acids is 1. The molecule has 2 aliphatic rings. The zero-order valence-electron chi connectivity index (χ0n) is 13.3. The van der Waals surface area contributed by atoms with E-state index in [-0.39, 0.29) is 18.6 Å². The molecule has 1 aromatic heterocycles. The maximum Gasteiger partial charge on any atom is 0.276 e. The molecule has 0 aliphatic carbocycles. The van der Waals surface area contributed by atoms with E-state index in [4.69, 9.17) is 4.74 Å². The van der Waals surface area contributed by atoms with Crippen LogP contribution >= 0.6 is 0 Å². The molecular weight excluding hydrogens is 308 g/mol. The van der Waals surface area contributed by atoms with E-state index in [1.54, 1.807) is 6.20 Å². The van der Waals surface area contributed by atoms with Gasteiger partial charge >= 0.3 is 0 Å². The number of aryl methyl sites for hydroxylation is 1. The number of aliphatic hydroxyl groups excluding tert-OH is 1. The SMILES string of the molecule is O=C(c1cn([C@@H]2COC[C@H]2O)nn1)N1CCCc2ccccc2C1. The number of aromatic nitrogens is 3. The molecular formula is C17H20N4O3. The Morgan fingerprint density at radius 1 is 1.25 bits per heavy atom. The third-order valence-electron chi connectivity index (χ3n) is 4.73. The van der Waals surface area contributed by atoms with Crippen molar-refractivity contribution in [2.24, 2.45) is 0 Å². The molecule has 2 aromatic rings. The second kappa shape index (κ2) is 6.33. The fourth-order valence-corrected chi connectivity index (χ4v) is 3.36. The van der Waals surface area contributed by atoms with Crippen molar-refractivity contribution in [1.29, 1.82) is 0 Å². The number of hydrogen-bond acceptors (Lipinski definition) is 5. The Kier molecular flexibility index (Phi) is 4.03. The summed E-state index contributed by atoms with van der Waals surface area (Å²) in [6.07, 6.45) is 2.92. The van der Waals surface area contributed by atoms with E-state index in [9.17, 15) is 9.90 Å². The van der Waals surface area contributed by atoms with E-state index >= 15 is 0 Å². The Bertz CT molecular complexity index is 745. The van der Waals surface area contributed by atoms with Gasteiger partial charge in [-0.2, -0.15) is 0 Å². The van der Waals surface area contributed by atoms with Crippen LogP contribution in [0, 0.1) is 0 Å². The van der Waals surface area contributed by atoms with Gasteiger partial charge in [0.05, 0.1) is 19.4 Å². The van der Waals surface area contributed by atoms with Crippen LogP contribution in [0.3, 0.4) is 0 Å². The van der Waals surface area contributed by atoms with E-state index in [1.165, 1.54) is 15.8 Å². The van der Waals surface area contributed by atoms with Crippen molar-refractivity contribution in [3.63, 3.8) is 0 Å². The summed E-state index contributed by atoms with van der Waals surface area (Å²) in [7, 11) is 0. The van der Waals surface area contributed by atoms with Crippen LogP contribution in [-0.2, 0) is 17.7 Å². The van der Waals surface area contributed by atoms with E-state index in [1.807, 2.05) is 17.0 Å². The van der Waals surface area contributed by atoms with Gasteiger partial charge < -0.3 is 14.7 Å². The van der Waals surface area contributed by atoms with Crippen LogP contribution in [0.25, 0.3) is 0 Å². The largest absolute Gasteiger partial charge is 0.388 e. The summed E-state index contributed by atoms with van der Waals surface area (Å²) in [5, 5.41) is 17.9. The number of hydrogen-bond donors (Lipinski definition) is 1. The number of carbonyl (C=O) groups is 1. The predicted octanol–water partition coefficient (Wildman–Crippen LogP) is 0.799. The van der Waals surface area contributed by atoms with Gasteiger partial charge in [-0.05, 0) is 24.0 Å². The lowest BCUT2D eigenvalue weighted by Crippen LogP contribution is -2.31. The summed E-state index contributed by atoms with van der Waals surface area (Å²) in [6.45, 7) is 1.97. The quantitative estimate of drug-likeness (QED) is 0.882. The highest BCUT2D eigenvalue weighted by Gasteiger charge is 2.30. The molecule has 1 saturated heterocycles. The number of amides is 1. The first kappa shape index (κ1) is 15.3. The molecule has 0 radical (unpaired) electrons. The molecule has 1 aromatic carbocycles. The molecule has 126 valence electrons. The van der Waals surface area contributed by atoms with Crippen LogP contribution in [0.15, 0.2) is 30.5 Å². The Balaban J connectivity index is 1.53. The first-order valence-electron chi connectivity index (χ1n) is 8.26. The maximum absolute atomic E-state index is 12.8. The number of benzene rings is 1. The summed E-state index contributed by atoms with van der Waals surface area (Å²) in [6, 6.07) is 7.97. The van der Waals surface area contributed by atoms with E-state index < -0.39 is 6.10 Å². The Hall–Kier alpha value is -2.25. The minimum absolute atomic E-state index is 0.119. The summed E-state index contributed by atoms with van der Waals surface area (Å²) < 4.78 is 6.77. The van der Waals surface area contributed by atoms with Crippen LogP contribution in [0.5, 0.6) is 0 Å². The molecule has 0 spiro atoms. The highest BCUT2D eigenvalue weighted by Crippen LogP contribution is 2.21. The molecule has 7 nitrogen and oxygen atoms in total. The second-order valence-electron chi connectivity index (χ2n) is 6.35. The monoisotopic (exact) mass is 328 g/mol. The lowest BCUT2D eigenvalue weighted by molar-refractivity contribution is 0.0739. The fourth-order valence-electron chi connectivity index (χ4n) is 3.36. The number of aliphatic hydroxyl groups is 1. The third kappa shape index (κ3) is 2.81. The van der Waals surface area contributed by atoms with Crippen LogP contribution in [0.2, 0.25) is 0 Å². The van der Waals surface area contributed by atoms with Gasteiger partial charge in [0, 0.05) is 13.1 Å². The molecule has 0 unspecified atom stereocenters. The van der Waals surface area contributed by atoms with E-state index in [0.29, 0.717) is 25.4 Å². The standard InChI is InChI=1S/C17H20N4O3/c22-16-11-24-10-15(16)21-9-14(18-19-21)17(23)20-7-3-6-12-4-1-2-5-13(12)8-20/h1-2,4-5,9,15-16,22H,3,6-8,10-11H2/t15-,16-/m1/s1. The van der Waals surface area contributed by atoms with Crippen LogP contribution < -0.4 is 0 Å². The molecule has 1 N–H and O–H groups in total. The molecule has 3 heterocycles. The fraction of sp³-hybridized carbons (Fsp3) is 0.471. The van der Waals surface area contributed by atoms with Gasteiger partial charge in [0.25, 0.3) is 5.91 Å². The smallest absolute Gasteiger partial charge is 0.276 e. The first-order valence-corrected chi connectivity index (χ1v) is 8.26. The minimum atomic E-state index is -0.611. The average molecular weight is 328 g/mol. The number of fused-ring (bicyclic) bond motifs is 1. The van der Waals surface area contributed by atoms with Gasteiger partial charge in [0.1, 0.15) is 12.1 Å². The molecule has 24 heavy (non-hydrogen) atoms. The van der Waals surface area contributed by atoms with Crippen molar-refractivity contribution in [1.82, 2.24) is 19.9 Å². The van der Waals surface area contributed by atoms with Crippen LogP contribution in [0.4, 0.5) is 0 Å². The van der Waals surface area contributed by atoms with E-state index in [0.717, 1.165) is 12.8 Å². The van der Waals surface area contributed by atoms with Gasteiger partial charge in [-0.3, -0.25) is 4.79 Å². The normalized spacial score (nSPS) is 23.8. The summed E-state index contributed by atoms with van der Waals surface area (Å²) in [4.78, 5) is 14.6. The molecule has 2 atom stereocenters. The Labute approximate surface area is 139 Å². The van der Waals surface area contributed by atoms with Crippen molar-refractivity contribution in [2.75, 3.05) is 19.8 Å². The number of rotatable bonds is 2. The van der Waals surface area contributed by atoms with Crippen molar-refractivity contribution in [2.45, 2.75) is 31.5 Å². The highest BCUT2D eigenvalue weighted by atomic mass is 16.5. The highest BCUT2D eigenvalue weighted by molar-refractivity contribution is 5.92. The second-order valence-corrected chi connectivity index (χ2v) is 6.35. The average Bonchev–Trinajstić information content (AvgIpc) is 3.17. The van der Waals surface area contributed by atoms with Gasteiger partial charge in [0.2, 0.25) is 0 Å². The molecule has 2 aliphatic heterocycles. The molecule has 7 heteroatoms. The number of nitrogens with zero attached hydrogens (tertiary/aromatic N) is 4. The lowest BCUT2D eigenvalue weighted by atomic mass is 10.0. The van der Waals surface area contributed by atoms with Crippen molar-refractivity contribution in [3.05, 3.63) is 47.3 Å². The topological polar surface area (TPSA) is 80.5 Å². The van der Waals surface area contributed by atoms with E-state index in [2.05, 4.69) is 22.4 Å². The van der Waals surface area contributed by atoms with Crippen molar-refractivity contribution < 1.29 is 14.6 Å². The third-order valence-corrected chi connectivity index (χ3v) is 4.73. The lowest BCUT2D eigenvalue weighted by Gasteiger charge is -2.19. The van der Waals surface area contributed by atoms with Gasteiger partial charge in [-0.15, -0.1) is 5.10 Å². The van der Waals surface area contributed by atoms with Gasteiger partial charge in [0.15, 0.2) is 5.69 Å². The molecule has 1 fully saturated rings. The Morgan fingerprint density at radius 3 is 2.88 bits per heavy atom. The molecule has 0 bridgehead atoms. The number of ether oxygens (including phenoxy) is 1. The van der Waals surface area contributed by atoms with Crippen molar-refractivity contribution >= 4 is 5.91 Å². The molecule has 4 rings (SSSR count). The van der Waals surface area contributed by atoms with Gasteiger partial charge in [-0.1, -0.05) is 29.5 Å². The summed E-state index contributed by atoms with van der Waals surface area (Å²) >= 11 is 0. The zero-order chi connectivity index (χ0) is 16.5. The van der Waals surface area contributed by atoms with Crippen LogP contribution in [-0.4, -0.2) is 56.8 Å². The van der Waals surface area contributed by atoms with Crippen LogP contribution in [0.1, 0.15) is 34.1 Å². The zero-order valence-corrected chi connectivity index (χ0v) is 13.3. The first-order chi connectivity index (χ1) is 11.7. The predicted molar refractivity (Wildman–Crippen MR) is 85.4 cm³/mol. The summed E-state index contributed by atoms with van der Waals surface area (Å²) in [5.41, 5.74) is 2.81. The minimum Gasteiger partial charge on any atom is -0.388 e. The molecule has 0 saturated carbocycles. The van der Waals surface area contributed by atoms with Crippen molar-refractivity contribution in [3.8, 4) is 0 Å². The van der Waals surface area contributed by atoms with Gasteiger partial charge in [-0.25, -0.2) is 4.68 Å². The molecule has 1 amide bonds. The summed E-state index contributed by atoms with van der Waals surface area (Å²) in [5.74, 6) is -0.119.